The molecule has 0 fully saturated rings. The normalized spacial score (nSPS) is 11.5. The molecule has 48 heavy (non-hydrogen) atoms. The lowest BCUT2D eigenvalue weighted by atomic mass is 10.1. The minimum atomic E-state index is -0.668. The minimum Gasteiger partial charge on any atom is -0.491 e. The molecule has 5 aromatic rings. The smallest absolute Gasteiger partial charge is 0.276 e. The molecule has 9 N–H and O–H groups in total. The molecule has 0 radical (unpaired) electrons. The number of nitrogens with two attached hydrogens (primary N) is 3. The third kappa shape index (κ3) is 6.70. The van der Waals surface area contributed by atoms with Crippen molar-refractivity contribution in [2.45, 2.75) is 46.4 Å². The number of carbonyl (C=O) groups excluding carboxylic acids is 3. The number of imidazole rings is 2. The summed E-state index contributed by atoms with van der Waals surface area (Å²) in [6.45, 7) is 5.07. The molecular weight excluding hydrogens is 618 g/mol. The van der Waals surface area contributed by atoms with Crippen molar-refractivity contribution in [2.24, 2.45) is 17.2 Å². The van der Waals surface area contributed by atoms with E-state index in [9.17, 15) is 19.5 Å². The van der Waals surface area contributed by atoms with Crippen molar-refractivity contribution in [3.63, 3.8) is 0 Å². The number of aliphatic hydroxyl groups is 1. The molecule has 0 saturated carbocycles. The average molecular weight is 658 g/mol. The monoisotopic (exact) mass is 657 g/mol. The number of nitrogens with one attached hydrogen (secondary N) is 2. The second kappa shape index (κ2) is 14.4. The van der Waals surface area contributed by atoms with Crippen molar-refractivity contribution < 1.29 is 24.2 Å². The maximum atomic E-state index is 13.5. The van der Waals surface area contributed by atoms with Crippen LogP contribution in [0.15, 0.2) is 42.5 Å². The molecule has 16 nitrogen and oxygen atoms in total. The van der Waals surface area contributed by atoms with Crippen molar-refractivity contribution in [1.82, 2.24) is 28.9 Å². The Morgan fingerprint density at radius 3 is 2.17 bits per heavy atom. The number of benzene rings is 2. The number of aliphatic hydroxyl groups excluding tert-OH is 1. The SMILES string of the molecule is CCn1nc(C)cc1C(=O)Nc1nc2cc(C(N)=O)cc(OCCCO)c2n1C/C=C/Cn1c(NC)nc2cc(C(N)=O)cc(CN)c21. The van der Waals surface area contributed by atoms with Crippen LogP contribution in [-0.4, -0.2) is 72.0 Å². The van der Waals surface area contributed by atoms with Crippen molar-refractivity contribution in [1.29, 1.82) is 0 Å². The van der Waals surface area contributed by atoms with Crippen LogP contribution in [0.2, 0.25) is 0 Å². The van der Waals surface area contributed by atoms with E-state index in [1.54, 1.807) is 47.5 Å². The van der Waals surface area contributed by atoms with E-state index in [4.69, 9.17) is 21.9 Å². The number of primary amides is 2. The predicted octanol–water partition coefficient (Wildman–Crippen LogP) is 1.88. The summed E-state index contributed by atoms with van der Waals surface area (Å²) in [5.74, 6) is -0.555. The summed E-state index contributed by atoms with van der Waals surface area (Å²) in [5, 5.41) is 19.7. The van der Waals surface area contributed by atoms with Crippen molar-refractivity contribution >= 4 is 51.7 Å². The lowest BCUT2D eigenvalue weighted by Crippen LogP contribution is -2.20. The lowest BCUT2D eigenvalue weighted by molar-refractivity contribution is 0.0991. The molecule has 16 heteroatoms. The fourth-order valence-corrected chi connectivity index (χ4v) is 5.52. The summed E-state index contributed by atoms with van der Waals surface area (Å²) >= 11 is 0. The highest BCUT2D eigenvalue weighted by atomic mass is 16.5. The Hall–Kier alpha value is -5.74. The van der Waals surface area contributed by atoms with Gasteiger partial charge in [0.15, 0.2) is 0 Å². The summed E-state index contributed by atoms with van der Waals surface area (Å²) < 4.78 is 11.3. The predicted molar refractivity (Wildman–Crippen MR) is 181 cm³/mol. The number of hydrogen-bond acceptors (Lipinski definition) is 10. The highest BCUT2D eigenvalue weighted by Gasteiger charge is 2.22. The van der Waals surface area contributed by atoms with Gasteiger partial charge in [0, 0.05) is 57.4 Å². The molecule has 2 aromatic carbocycles. The first-order valence-corrected chi connectivity index (χ1v) is 15.4. The van der Waals surface area contributed by atoms with Crippen LogP contribution in [0.4, 0.5) is 11.9 Å². The molecule has 0 aliphatic rings. The first-order chi connectivity index (χ1) is 23.1. The molecule has 252 valence electrons. The average Bonchev–Trinajstić information content (AvgIpc) is 3.74. The van der Waals surface area contributed by atoms with Gasteiger partial charge in [0.1, 0.15) is 17.0 Å². The molecule has 5 rings (SSSR count). The molecule has 0 aliphatic heterocycles. The van der Waals surface area contributed by atoms with E-state index in [1.807, 2.05) is 23.6 Å². The zero-order valence-electron chi connectivity index (χ0n) is 27.0. The van der Waals surface area contributed by atoms with E-state index in [-0.39, 0.29) is 37.8 Å². The van der Waals surface area contributed by atoms with Gasteiger partial charge in [0.25, 0.3) is 5.91 Å². The third-order valence-electron chi connectivity index (χ3n) is 7.70. The van der Waals surface area contributed by atoms with Crippen LogP contribution in [0.5, 0.6) is 5.75 Å². The van der Waals surface area contributed by atoms with E-state index < -0.39 is 17.7 Å². The number of fused-ring (bicyclic) bond motifs is 2. The fourth-order valence-electron chi connectivity index (χ4n) is 5.52. The highest BCUT2D eigenvalue weighted by Crippen LogP contribution is 2.32. The number of aromatic nitrogens is 6. The maximum absolute atomic E-state index is 13.5. The van der Waals surface area contributed by atoms with E-state index >= 15 is 0 Å². The number of ether oxygens (including phenoxy) is 1. The summed E-state index contributed by atoms with van der Waals surface area (Å²) in [5.41, 5.74) is 21.7. The van der Waals surface area contributed by atoms with Gasteiger partial charge in [-0.1, -0.05) is 12.2 Å². The molecule has 0 atom stereocenters. The zero-order valence-corrected chi connectivity index (χ0v) is 27.0. The molecule has 3 heterocycles. The Morgan fingerprint density at radius 1 is 0.938 bits per heavy atom. The van der Waals surface area contributed by atoms with E-state index in [0.717, 1.165) is 5.52 Å². The molecular formula is C32H39N11O5. The summed E-state index contributed by atoms with van der Waals surface area (Å²) in [7, 11) is 1.75. The Labute approximate surface area is 275 Å². The first-order valence-electron chi connectivity index (χ1n) is 15.4. The topological polar surface area (TPSA) is 236 Å². The number of allylic oxidation sites excluding steroid dienone is 2. The van der Waals surface area contributed by atoms with Gasteiger partial charge in [-0.3, -0.25) is 24.4 Å². The second-order valence-corrected chi connectivity index (χ2v) is 11.0. The van der Waals surface area contributed by atoms with Gasteiger partial charge < -0.3 is 41.5 Å². The van der Waals surface area contributed by atoms with Crippen LogP contribution in [-0.2, 0) is 26.2 Å². The van der Waals surface area contributed by atoms with Crippen molar-refractivity contribution in [3.8, 4) is 5.75 Å². The Morgan fingerprint density at radius 2 is 1.56 bits per heavy atom. The molecule has 3 aromatic heterocycles. The van der Waals surface area contributed by atoms with Crippen LogP contribution in [0.1, 0.15) is 55.8 Å². The van der Waals surface area contributed by atoms with Crippen LogP contribution in [0.25, 0.3) is 22.1 Å². The number of rotatable bonds is 15. The highest BCUT2D eigenvalue weighted by molar-refractivity contribution is 6.04. The molecule has 0 unspecified atom stereocenters. The molecule has 0 saturated heterocycles. The van der Waals surface area contributed by atoms with Crippen LogP contribution in [0.3, 0.4) is 0 Å². The zero-order chi connectivity index (χ0) is 34.5. The minimum absolute atomic E-state index is 0.0836. The van der Waals surface area contributed by atoms with Gasteiger partial charge >= 0.3 is 0 Å². The molecule has 3 amide bonds. The molecule has 0 aliphatic carbocycles. The first kappa shape index (κ1) is 33.6. The summed E-state index contributed by atoms with van der Waals surface area (Å²) in [6, 6.07) is 8.06. The van der Waals surface area contributed by atoms with E-state index in [1.165, 1.54) is 6.07 Å². The van der Waals surface area contributed by atoms with E-state index in [2.05, 4.69) is 25.7 Å². The molecule has 0 spiro atoms. The van der Waals surface area contributed by atoms with E-state index in [0.29, 0.717) is 70.3 Å². The van der Waals surface area contributed by atoms with Gasteiger partial charge in [-0.15, -0.1) is 0 Å². The lowest BCUT2D eigenvalue weighted by Gasteiger charge is -2.13. The largest absolute Gasteiger partial charge is 0.491 e. The summed E-state index contributed by atoms with van der Waals surface area (Å²) in [4.78, 5) is 46.8. The number of carbonyl (C=O) groups is 3. The third-order valence-corrected chi connectivity index (χ3v) is 7.70. The Balaban J connectivity index is 1.55. The van der Waals surface area contributed by atoms with Gasteiger partial charge in [0.05, 0.1) is 28.9 Å². The number of hydrogen-bond donors (Lipinski definition) is 6. The van der Waals surface area contributed by atoms with Crippen molar-refractivity contribution in [3.05, 3.63) is 70.6 Å². The van der Waals surface area contributed by atoms with Crippen LogP contribution >= 0.6 is 0 Å². The summed E-state index contributed by atoms with van der Waals surface area (Å²) in [6.07, 6.45) is 4.17. The number of anilines is 2. The number of nitrogens with zero attached hydrogens (tertiary/aromatic N) is 6. The Kier molecular flexibility index (Phi) is 10.1. The van der Waals surface area contributed by atoms with Gasteiger partial charge in [0.2, 0.25) is 23.7 Å². The van der Waals surface area contributed by atoms with Gasteiger partial charge in [-0.2, -0.15) is 5.10 Å². The van der Waals surface area contributed by atoms with Gasteiger partial charge in [-0.25, -0.2) is 9.97 Å². The maximum Gasteiger partial charge on any atom is 0.276 e. The van der Waals surface area contributed by atoms with Gasteiger partial charge in [-0.05, 0) is 49.7 Å². The number of amides is 3. The second-order valence-electron chi connectivity index (χ2n) is 11.0. The van der Waals surface area contributed by atoms with Crippen molar-refractivity contribution in [2.75, 3.05) is 30.9 Å². The standard InChI is InChI=1S/C32H39N11O5/c1-4-43-24(12-18(2)40-43)30(47)39-32-38-23-15-20(29(35)46)16-25(48-11-7-10-44)27(23)42(32)9-6-5-8-41-26-21(17-33)13-19(28(34)45)14-22(26)37-31(41)36-3/h5-6,12-16,44H,4,7-11,17,33H2,1-3H3,(H2,34,45)(H2,35,46)(H,36,37)(H,38,39,47)/b6-5+. The number of aryl methyl sites for hydroxylation is 2. The fraction of sp³-hybridized carbons (Fsp3) is 0.312. The quantitative estimate of drug-likeness (QED) is 0.0706. The van der Waals surface area contributed by atoms with Crippen LogP contribution in [0, 0.1) is 6.92 Å². The Bertz CT molecular complexity index is 2040. The van der Waals surface area contributed by atoms with Crippen LogP contribution < -0.4 is 32.6 Å². The molecule has 0 bridgehead atoms.